The standard InChI is InChI=1S/C9H11NO/c1-8(10-11-2)9-6-4-3-5-7-9/h3-7H,1-2H3/b10-8+/i6D,7D. The molecule has 0 saturated carbocycles. The molecule has 0 aliphatic rings. The molecule has 11 heavy (non-hydrogen) atoms. The third-order valence-corrected chi connectivity index (χ3v) is 1.24. The normalized spacial score (nSPS) is 13.8. The predicted molar refractivity (Wildman–Crippen MR) is 45.7 cm³/mol. The van der Waals surface area contributed by atoms with Crippen molar-refractivity contribution >= 4 is 5.71 Å². The molecule has 0 saturated heterocycles. The number of benzene rings is 1. The van der Waals surface area contributed by atoms with Crippen molar-refractivity contribution in [2.24, 2.45) is 5.16 Å². The highest BCUT2D eigenvalue weighted by Gasteiger charge is 1.93. The van der Waals surface area contributed by atoms with Crippen molar-refractivity contribution in [1.29, 1.82) is 0 Å². The molecule has 1 aromatic carbocycles. The Morgan fingerprint density at radius 3 is 2.64 bits per heavy atom. The van der Waals surface area contributed by atoms with Gasteiger partial charge in [0.25, 0.3) is 0 Å². The van der Waals surface area contributed by atoms with Crippen LogP contribution in [-0.4, -0.2) is 12.8 Å². The van der Waals surface area contributed by atoms with Gasteiger partial charge in [-0.15, -0.1) is 0 Å². The van der Waals surface area contributed by atoms with Crippen LogP contribution in [-0.2, 0) is 4.84 Å². The van der Waals surface area contributed by atoms with Gasteiger partial charge in [0.2, 0.25) is 0 Å². The molecular weight excluding hydrogens is 138 g/mol. The SMILES string of the molecule is [2H]c1cccc([2H])c1/C(C)=N/OC. The highest BCUT2D eigenvalue weighted by atomic mass is 16.6. The van der Waals surface area contributed by atoms with Gasteiger partial charge in [-0.25, -0.2) is 0 Å². The average Bonchev–Trinajstić information content (AvgIpc) is 2.04. The Hall–Kier alpha value is -1.31. The third kappa shape index (κ3) is 2.08. The first-order valence-electron chi connectivity index (χ1n) is 4.31. The zero-order valence-electron chi connectivity index (χ0n) is 8.59. The van der Waals surface area contributed by atoms with Crippen molar-refractivity contribution in [3.05, 3.63) is 35.8 Å². The summed E-state index contributed by atoms with van der Waals surface area (Å²) in [6.45, 7) is 1.72. The molecule has 2 nitrogen and oxygen atoms in total. The van der Waals surface area contributed by atoms with Crippen LogP contribution < -0.4 is 0 Å². The highest BCUT2D eigenvalue weighted by Crippen LogP contribution is 2.00. The molecule has 1 rings (SSSR count). The Morgan fingerprint density at radius 2 is 2.09 bits per heavy atom. The zero-order valence-corrected chi connectivity index (χ0v) is 6.59. The quantitative estimate of drug-likeness (QED) is 0.468. The molecule has 0 amide bonds. The minimum absolute atomic E-state index is 0.297. The minimum atomic E-state index is 0.297. The molecule has 58 valence electrons. The van der Waals surface area contributed by atoms with Gasteiger partial charge in [0.15, 0.2) is 0 Å². The van der Waals surface area contributed by atoms with Gasteiger partial charge in [-0.3, -0.25) is 0 Å². The van der Waals surface area contributed by atoms with E-state index in [0.29, 0.717) is 23.4 Å². The van der Waals surface area contributed by atoms with Gasteiger partial charge in [-0.1, -0.05) is 35.4 Å². The molecular formula is C9H11NO. The van der Waals surface area contributed by atoms with E-state index in [-0.39, 0.29) is 0 Å². The molecule has 0 aliphatic carbocycles. The molecule has 0 unspecified atom stereocenters. The molecule has 0 bridgehead atoms. The maximum absolute atomic E-state index is 7.56. The first-order valence-corrected chi connectivity index (χ1v) is 3.31. The van der Waals surface area contributed by atoms with Gasteiger partial charge in [0, 0.05) is 0 Å². The lowest BCUT2D eigenvalue weighted by Crippen LogP contribution is -1.93. The van der Waals surface area contributed by atoms with Gasteiger partial charge in [0.05, 0.1) is 8.45 Å². The first kappa shape index (κ1) is 5.35. The van der Waals surface area contributed by atoms with E-state index in [1.165, 1.54) is 7.11 Å². The van der Waals surface area contributed by atoms with Crippen LogP contribution in [0, 0.1) is 0 Å². The Bertz CT molecular complexity index is 316. The fourth-order valence-corrected chi connectivity index (χ4v) is 0.744. The van der Waals surface area contributed by atoms with Crippen LogP contribution in [0.3, 0.4) is 0 Å². The summed E-state index contributed by atoms with van der Waals surface area (Å²) in [5, 5.41) is 3.69. The van der Waals surface area contributed by atoms with E-state index >= 15 is 0 Å². The number of rotatable bonds is 2. The molecule has 0 aliphatic heterocycles. The predicted octanol–water partition coefficient (Wildman–Crippen LogP) is 2.06. The summed E-state index contributed by atoms with van der Waals surface area (Å²) in [6.07, 6.45) is 0. The molecule has 0 aromatic heterocycles. The van der Waals surface area contributed by atoms with E-state index in [9.17, 15) is 0 Å². The lowest BCUT2D eigenvalue weighted by Gasteiger charge is -1.97. The van der Waals surface area contributed by atoms with Crippen molar-refractivity contribution in [3.8, 4) is 0 Å². The van der Waals surface area contributed by atoms with Gasteiger partial charge in [-0.2, -0.15) is 0 Å². The van der Waals surface area contributed by atoms with Crippen LogP contribution in [0.15, 0.2) is 35.4 Å². The van der Waals surface area contributed by atoms with Crippen molar-refractivity contribution in [3.63, 3.8) is 0 Å². The Labute approximate surface area is 69.3 Å². The van der Waals surface area contributed by atoms with Crippen molar-refractivity contribution in [2.75, 3.05) is 7.11 Å². The van der Waals surface area contributed by atoms with Gasteiger partial charge in [-0.05, 0) is 12.5 Å². The molecule has 0 fully saturated rings. The minimum Gasteiger partial charge on any atom is -0.399 e. The Balaban J connectivity index is 3.20. The molecule has 0 radical (unpaired) electrons. The van der Waals surface area contributed by atoms with Gasteiger partial charge in [0.1, 0.15) is 7.11 Å². The second kappa shape index (κ2) is 3.76. The van der Waals surface area contributed by atoms with Crippen LogP contribution in [0.5, 0.6) is 0 Å². The fourth-order valence-electron chi connectivity index (χ4n) is 0.744. The number of hydrogen-bond acceptors (Lipinski definition) is 2. The second-order valence-corrected chi connectivity index (χ2v) is 2.05. The molecule has 0 spiro atoms. The maximum atomic E-state index is 7.56. The van der Waals surface area contributed by atoms with Crippen LogP contribution in [0.1, 0.15) is 15.2 Å². The van der Waals surface area contributed by atoms with Crippen molar-refractivity contribution in [2.45, 2.75) is 6.92 Å². The molecule has 2 heteroatoms. The summed E-state index contributed by atoms with van der Waals surface area (Å²) >= 11 is 0. The molecule has 0 N–H and O–H groups in total. The average molecular weight is 151 g/mol. The van der Waals surface area contributed by atoms with Crippen molar-refractivity contribution < 1.29 is 7.58 Å². The summed E-state index contributed by atoms with van der Waals surface area (Å²) in [5.74, 6) is 0. The first-order chi connectivity index (χ1) is 6.16. The summed E-state index contributed by atoms with van der Waals surface area (Å²) in [6, 6.07) is 5.52. The summed E-state index contributed by atoms with van der Waals surface area (Å²) in [5.41, 5.74) is 1.07. The topological polar surface area (TPSA) is 21.6 Å². The number of nitrogens with zero attached hydrogens (tertiary/aromatic N) is 1. The molecule has 0 heterocycles. The van der Waals surface area contributed by atoms with E-state index in [1.54, 1.807) is 25.1 Å². The second-order valence-electron chi connectivity index (χ2n) is 2.05. The fraction of sp³-hybridized carbons (Fsp3) is 0.222. The van der Waals surface area contributed by atoms with Crippen molar-refractivity contribution in [1.82, 2.24) is 0 Å². The van der Waals surface area contributed by atoms with E-state index in [4.69, 9.17) is 2.74 Å². The lowest BCUT2D eigenvalue weighted by molar-refractivity contribution is 0.213. The van der Waals surface area contributed by atoms with Crippen LogP contribution >= 0.6 is 0 Å². The Kier molecular flexibility index (Phi) is 1.83. The molecule has 0 atom stereocenters. The lowest BCUT2D eigenvalue weighted by atomic mass is 10.1. The van der Waals surface area contributed by atoms with E-state index in [2.05, 4.69) is 9.99 Å². The monoisotopic (exact) mass is 151 g/mol. The van der Waals surface area contributed by atoms with Gasteiger partial charge < -0.3 is 4.84 Å². The van der Waals surface area contributed by atoms with E-state index in [1.807, 2.05) is 0 Å². The molecule has 1 aromatic rings. The highest BCUT2D eigenvalue weighted by molar-refractivity contribution is 5.98. The van der Waals surface area contributed by atoms with E-state index in [0.717, 1.165) is 0 Å². The zero-order chi connectivity index (χ0) is 9.84. The van der Waals surface area contributed by atoms with Crippen LogP contribution in [0.4, 0.5) is 0 Å². The number of oxime groups is 1. The summed E-state index contributed by atoms with van der Waals surface area (Å²) in [4.78, 5) is 4.59. The summed E-state index contributed by atoms with van der Waals surface area (Å²) in [7, 11) is 1.44. The maximum Gasteiger partial charge on any atom is 0.106 e. The van der Waals surface area contributed by atoms with Gasteiger partial charge >= 0.3 is 0 Å². The number of hydrogen-bond donors (Lipinski definition) is 0. The summed E-state index contributed by atoms with van der Waals surface area (Å²) < 4.78 is 15.1. The third-order valence-electron chi connectivity index (χ3n) is 1.24. The van der Waals surface area contributed by atoms with Crippen LogP contribution in [0.25, 0.3) is 0 Å². The Morgan fingerprint density at radius 1 is 1.45 bits per heavy atom. The van der Waals surface area contributed by atoms with E-state index < -0.39 is 0 Å². The largest absolute Gasteiger partial charge is 0.399 e. The smallest absolute Gasteiger partial charge is 0.106 e. The van der Waals surface area contributed by atoms with Crippen LogP contribution in [0.2, 0.25) is 0 Å².